The lowest BCUT2D eigenvalue weighted by atomic mass is 10.0. The molecule has 1 saturated heterocycles. The Kier molecular flexibility index (Phi) is 5.88. The van der Waals surface area contributed by atoms with E-state index in [1.54, 1.807) is 23.0 Å². The molecule has 0 spiro atoms. The summed E-state index contributed by atoms with van der Waals surface area (Å²) in [6.07, 6.45) is 9.62. The maximum Gasteiger partial charge on any atom is 0.214 e. The van der Waals surface area contributed by atoms with E-state index in [2.05, 4.69) is 39.1 Å². The number of hydrogen-bond acceptors (Lipinski definition) is 6. The van der Waals surface area contributed by atoms with Crippen molar-refractivity contribution >= 4 is 16.6 Å². The fourth-order valence-electron chi connectivity index (χ4n) is 4.22. The molecule has 1 fully saturated rings. The lowest BCUT2D eigenvalue weighted by Crippen LogP contribution is -2.35. The standard InChI is InChI=1S/C26H27N5O2/c1-30-9-6-24(7-10-30)33-26-13-19(5-8-27-26)25(32)14-23-12-21-11-18(3-4-20(21)15-28-23)22-16-29-31(2)17-22/h3-5,8,11-13,15-17,24H,6-7,9-10,14H2,1-2H3. The number of ketones is 1. The Morgan fingerprint density at radius 1 is 1.00 bits per heavy atom. The van der Waals surface area contributed by atoms with Crippen molar-refractivity contribution in [2.24, 2.45) is 7.05 Å². The summed E-state index contributed by atoms with van der Waals surface area (Å²) in [4.78, 5) is 24.1. The number of carbonyl (C=O) groups is 1. The van der Waals surface area contributed by atoms with Crippen LogP contribution in [0.15, 0.2) is 61.2 Å². The van der Waals surface area contributed by atoms with Crippen molar-refractivity contribution in [3.63, 3.8) is 0 Å². The van der Waals surface area contributed by atoms with Crippen LogP contribution in [0.1, 0.15) is 28.9 Å². The summed E-state index contributed by atoms with van der Waals surface area (Å²) in [5.74, 6) is 0.517. The quantitative estimate of drug-likeness (QED) is 0.422. The number of benzene rings is 1. The highest BCUT2D eigenvalue weighted by molar-refractivity contribution is 5.98. The van der Waals surface area contributed by atoms with E-state index in [-0.39, 0.29) is 18.3 Å². The van der Waals surface area contributed by atoms with Gasteiger partial charge in [-0.05, 0) is 49.0 Å². The Morgan fingerprint density at radius 2 is 1.85 bits per heavy atom. The molecule has 3 aromatic heterocycles. The molecule has 7 heteroatoms. The third kappa shape index (κ3) is 4.93. The third-order valence-electron chi connectivity index (χ3n) is 6.17. The van der Waals surface area contributed by atoms with Gasteiger partial charge in [-0.15, -0.1) is 0 Å². The number of nitrogens with zero attached hydrogens (tertiary/aromatic N) is 5. The fourth-order valence-corrected chi connectivity index (χ4v) is 4.22. The Labute approximate surface area is 193 Å². The number of aromatic nitrogens is 4. The van der Waals surface area contributed by atoms with Crippen LogP contribution in [0.5, 0.6) is 5.88 Å². The number of Topliss-reactive ketones (excluding diaryl/α,β-unsaturated/α-hetero) is 1. The molecular formula is C26H27N5O2. The largest absolute Gasteiger partial charge is 0.474 e. The van der Waals surface area contributed by atoms with Gasteiger partial charge in [0.25, 0.3) is 0 Å². The van der Waals surface area contributed by atoms with Crippen LogP contribution in [0.25, 0.3) is 21.9 Å². The Hall–Kier alpha value is -3.58. The van der Waals surface area contributed by atoms with Crippen molar-refractivity contribution < 1.29 is 9.53 Å². The molecule has 33 heavy (non-hydrogen) atoms. The monoisotopic (exact) mass is 441 g/mol. The van der Waals surface area contributed by atoms with E-state index in [9.17, 15) is 4.79 Å². The maximum absolute atomic E-state index is 13.0. The number of aryl methyl sites for hydroxylation is 1. The zero-order chi connectivity index (χ0) is 22.8. The molecule has 168 valence electrons. The number of fused-ring (bicyclic) bond motifs is 1. The molecule has 0 atom stereocenters. The molecule has 1 aliphatic heterocycles. The second-order valence-corrected chi connectivity index (χ2v) is 8.74. The van der Waals surface area contributed by atoms with Crippen LogP contribution in [-0.4, -0.2) is 56.7 Å². The van der Waals surface area contributed by atoms with Crippen molar-refractivity contribution in [1.82, 2.24) is 24.6 Å². The van der Waals surface area contributed by atoms with E-state index in [0.29, 0.717) is 11.4 Å². The molecule has 4 aromatic rings. The van der Waals surface area contributed by atoms with Crippen LogP contribution in [0, 0.1) is 0 Å². The molecule has 0 radical (unpaired) electrons. The Bertz CT molecular complexity index is 1290. The van der Waals surface area contributed by atoms with Gasteiger partial charge in [-0.2, -0.15) is 5.10 Å². The molecule has 0 amide bonds. The van der Waals surface area contributed by atoms with Crippen LogP contribution in [0.3, 0.4) is 0 Å². The van der Waals surface area contributed by atoms with Crippen LogP contribution >= 0.6 is 0 Å². The average molecular weight is 442 g/mol. The van der Waals surface area contributed by atoms with E-state index in [0.717, 1.165) is 53.5 Å². The van der Waals surface area contributed by atoms with Crippen molar-refractivity contribution in [2.75, 3.05) is 20.1 Å². The molecule has 4 heterocycles. The Balaban J connectivity index is 1.31. The van der Waals surface area contributed by atoms with Crippen LogP contribution < -0.4 is 4.74 Å². The molecule has 1 aliphatic rings. The minimum Gasteiger partial charge on any atom is -0.474 e. The van der Waals surface area contributed by atoms with Crippen molar-refractivity contribution in [1.29, 1.82) is 0 Å². The number of rotatable bonds is 6. The second kappa shape index (κ2) is 9.11. The number of carbonyl (C=O) groups excluding carboxylic acids is 1. The molecule has 0 aliphatic carbocycles. The zero-order valence-electron chi connectivity index (χ0n) is 18.9. The van der Waals surface area contributed by atoms with Gasteiger partial charge in [0.05, 0.1) is 12.6 Å². The highest BCUT2D eigenvalue weighted by atomic mass is 16.5. The van der Waals surface area contributed by atoms with Gasteiger partial charge in [-0.25, -0.2) is 4.98 Å². The highest BCUT2D eigenvalue weighted by Gasteiger charge is 2.19. The predicted octanol–water partition coefficient (Wildman–Crippen LogP) is 3.93. The first kappa shape index (κ1) is 21.3. The number of pyridine rings is 2. The molecule has 0 unspecified atom stereocenters. The van der Waals surface area contributed by atoms with Gasteiger partial charge in [-0.1, -0.05) is 12.1 Å². The molecule has 0 saturated carbocycles. The van der Waals surface area contributed by atoms with Gasteiger partial charge in [0.15, 0.2) is 5.78 Å². The maximum atomic E-state index is 13.0. The molecular weight excluding hydrogens is 414 g/mol. The third-order valence-corrected chi connectivity index (χ3v) is 6.17. The van der Waals surface area contributed by atoms with Gasteiger partial charge in [-0.3, -0.25) is 14.5 Å². The average Bonchev–Trinajstić information content (AvgIpc) is 3.26. The van der Waals surface area contributed by atoms with Gasteiger partial charge in [0.2, 0.25) is 5.88 Å². The number of piperidine rings is 1. The van der Waals surface area contributed by atoms with Crippen LogP contribution in [0.4, 0.5) is 0 Å². The SMILES string of the molecule is CN1CCC(Oc2cc(C(=O)Cc3cc4cc(-c5cnn(C)c5)ccc4cn3)ccn2)CC1. The molecule has 1 aromatic carbocycles. The van der Waals surface area contributed by atoms with Gasteiger partial charge in [0, 0.05) is 67.0 Å². The second-order valence-electron chi connectivity index (χ2n) is 8.74. The lowest BCUT2D eigenvalue weighted by molar-refractivity contribution is 0.0985. The minimum absolute atomic E-state index is 0.000825. The van der Waals surface area contributed by atoms with E-state index in [4.69, 9.17) is 4.74 Å². The van der Waals surface area contributed by atoms with Crippen molar-refractivity contribution in [3.05, 3.63) is 72.4 Å². The molecule has 0 bridgehead atoms. The lowest BCUT2D eigenvalue weighted by Gasteiger charge is -2.28. The smallest absolute Gasteiger partial charge is 0.214 e. The van der Waals surface area contributed by atoms with E-state index in [1.165, 1.54) is 0 Å². The number of ether oxygens (including phenoxy) is 1. The predicted molar refractivity (Wildman–Crippen MR) is 127 cm³/mol. The summed E-state index contributed by atoms with van der Waals surface area (Å²) in [6, 6.07) is 11.7. The zero-order valence-corrected chi connectivity index (χ0v) is 18.9. The van der Waals surface area contributed by atoms with Gasteiger partial charge in [0.1, 0.15) is 6.10 Å². The molecule has 0 N–H and O–H groups in total. The van der Waals surface area contributed by atoms with Crippen LogP contribution in [0.2, 0.25) is 0 Å². The Morgan fingerprint density at radius 3 is 2.64 bits per heavy atom. The van der Waals surface area contributed by atoms with Crippen LogP contribution in [-0.2, 0) is 13.5 Å². The van der Waals surface area contributed by atoms with Gasteiger partial charge >= 0.3 is 0 Å². The summed E-state index contributed by atoms with van der Waals surface area (Å²) < 4.78 is 7.83. The van der Waals surface area contributed by atoms with E-state index >= 15 is 0 Å². The van der Waals surface area contributed by atoms with Crippen molar-refractivity contribution in [3.8, 4) is 17.0 Å². The summed E-state index contributed by atoms with van der Waals surface area (Å²) in [5, 5.41) is 6.34. The van der Waals surface area contributed by atoms with Gasteiger partial charge < -0.3 is 9.64 Å². The summed E-state index contributed by atoms with van der Waals surface area (Å²) in [7, 11) is 4.02. The molecule has 5 rings (SSSR count). The first-order valence-electron chi connectivity index (χ1n) is 11.3. The first-order valence-corrected chi connectivity index (χ1v) is 11.3. The number of hydrogen-bond donors (Lipinski definition) is 0. The topological polar surface area (TPSA) is 73.1 Å². The van der Waals surface area contributed by atoms with E-state index in [1.807, 2.05) is 37.8 Å². The van der Waals surface area contributed by atoms with Crippen molar-refractivity contribution in [2.45, 2.75) is 25.4 Å². The number of likely N-dealkylation sites (tertiary alicyclic amines) is 1. The fraction of sp³-hybridized carbons (Fsp3) is 0.308. The first-order chi connectivity index (χ1) is 16.0. The van der Waals surface area contributed by atoms with E-state index < -0.39 is 0 Å². The summed E-state index contributed by atoms with van der Waals surface area (Å²) in [6.45, 7) is 2.03. The normalized spacial score (nSPS) is 15.1. The molecule has 7 nitrogen and oxygen atoms in total. The minimum atomic E-state index is 0.000825. The summed E-state index contributed by atoms with van der Waals surface area (Å²) >= 11 is 0. The highest BCUT2D eigenvalue weighted by Crippen LogP contribution is 2.25. The summed E-state index contributed by atoms with van der Waals surface area (Å²) in [5.41, 5.74) is 3.48.